The number of hydrogen-bond acceptors (Lipinski definition) is 3. The molecule has 1 unspecified atom stereocenters. The molecule has 1 amide bonds. The first-order valence-corrected chi connectivity index (χ1v) is 9.97. The minimum Gasteiger partial charge on any atom is -0.355 e. The van der Waals surface area contributed by atoms with E-state index in [0.717, 1.165) is 32.1 Å². The molecule has 2 rings (SSSR count). The van der Waals surface area contributed by atoms with Gasteiger partial charge in [0.05, 0.1) is 0 Å². The van der Waals surface area contributed by atoms with Crippen molar-refractivity contribution in [3.05, 3.63) is 71.8 Å². The Morgan fingerprint density at radius 1 is 0.852 bits per heavy atom. The number of amides is 1. The van der Waals surface area contributed by atoms with Crippen molar-refractivity contribution >= 4 is 5.91 Å². The van der Waals surface area contributed by atoms with E-state index in [1.165, 1.54) is 11.1 Å². The zero-order valence-electron chi connectivity index (χ0n) is 16.1. The van der Waals surface area contributed by atoms with Crippen LogP contribution in [0.5, 0.6) is 0 Å². The predicted molar refractivity (Wildman–Crippen MR) is 112 cm³/mol. The monoisotopic (exact) mass is 367 g/mol. The summed E-state index contributed by atoms with van der Waals surface area (Å²) in [6, 6.07) is 20.9. The molecule has 0 saturated carbocycles. The number of benzene rings is 2. The number of nitrogens with two attached hydrogens (primary N) is 2. The normalized spacial score (nSPS) is 12.1. The molecule has 0 radical (unpaired) electrons. The molecule has 1 atom stereocenters. The van der Waals surface area contributed by atoms with E-state index in [9.17, 15) is 4.79 Å². The van der Waals surface area contributed by atoms with Crippen molar-refractivity contribution < 1.29 is 4.79 Å². The molecule has 0 aliphatic carbocycles. The van der Waals surface area contributed by atoms with E-state index in [-0.39, 0.29) is 11.9 Å². The van der Waals surface area contributed by atoms with E-state index in [1.54, 1.807) is 0 Å². The van der Waals surface area contributed by atoms with E-state index in [1.807, 2.05) is 12.1 Å². The Kier molecular flexibility index (Phi) is 9.60. The zero-order chi connectivity index (χ0) is 19.3. The number of aryl methyl sites for hydroxylation is 2. The molecule has 0 fully saturated rings. The fraction of sp³-hybridized carbons (Fsp3) is 0.435. The maximum absolute atomic E-state index is 12.4. The molecule has 27 heavy (non-hydrogen) atoms. The van der Waals surface area contributed by atoms with Crippen molar-refractivity contribution in [1.29, 1.82) is 0 Å². The second kappa shape index (κ2) is 12.3. The van der Waals surface area contributed by atoms with Crippen LogP contribution in [0.2, 0.25) is 0 Å². The fourth-order valence-corrected chi connectivity index (χ4v) is 3.27. The van der Waals surface area contributed by atoms with Gasteiger partial charge in [-0.1, -0.05) is 60.7 Å². The fourth-order valence-electron chi connectivity index (χ4n) is 3.27. The maximum Gasteiger partial charge on any atom is 0.220 e. The van der Waals surface area contributed by atoms with Gasteiger partial charge >= 0.3 is 0 Å². The van der Waals surface area contributed by atoms with Gasteiger partial charge in [-0.25, -0.2) is 0 Å². The molecule has 0 saturated heterocycles. The zero-order valence-corrected chi connectivity index (χ0v) is 16.1. The number of rotatable bonds is 12. The SMILES string of the molecule is NCCC(N)CNC(=O)CC(CCc1ccccc1)CCc1ccccc1. The third-order valence-electron chi connectivity index (χ3n) is 4.94. The molecule has 2 aromatic rings. The lowest BCUT2D eigenvalue weighted by Gasteiger charge is -2.18. The standard InChI is InChI=1S/C23H33N3O/c24-16-15-22(25)18-26-23(27)17-21(13-11-19-7-3-1-4-8-19)14-12-20-9-5-2-6-10-20/h1-10,21-22H,11-18,24-25H2,(H,26,27). The average molecular weight is 368 g/mol. The van der Waals surface area contributed by atoms with Crippen molar-refractivity contribution in [3.8, 4) is 0 Å². The smallest absolute Gasteiger partial charge is 0.220 e. The molecule has 0 aliphatic heterocycles. The summed E-state index contributed by atoms with van der Waals surface area (Å²) < 4.78 is 0. The van der Waals surface area contributed by atoms with Gasteiger partial charge in [-0.2, -0.15) is 0 Å². The molecule has 5 N–H and O–H groups in total. The van der Waals surface area contributed by atoms with Crippen molar-refractivity contribution in [2.45, 2.75) is 44.6 Å². The van der Waals surface area contributed by atoms with Crippen LogP contribution in [0.4, 0.5) is 0 Å². The van der Waals surface area contributed by atoms with Crippen LogP contribution in [0.25, 0.3) is 0 Å². The summed E-state index contributed by atoms with van der Waals surface area (Å²) in [6.45, 7) is 1.05. The summed E-state index contributed by atoms with van der Waals surface area (Å²) >= 11 is 0. The quantitative estimate of drug-likeness (QED) is 0.539. The molecule has 0 bridgehead atoms. The molecule has 4 heteroatoms. The van der Waals surface area contributed by atoms with Crippen LogP contribution >= 0.6 is 0 Å². The van der Waals surface area contributed by atoms with Crippen LogP contribution in [0.15, 0.2) is 60.7 Å². The summed E-state index contributed by atoms with van der Waals surface area (Å²) in [7, 11) is 0. The number of carbonyl (C=O) groups excluding carboxylic acids is 1. The van der Waals surface area contributed by atoms with Crippen molar-refractivity contribution in [2.75, 3.05) is 13.1 Å². The van der Waals surface area contributed by atoms with Gasteiger partial charge in [0.15, 0.2) is 0 Å². The highest BCUT2D eigenvalue weighted by Crippen LogP contribution is 2.20. The molecule has 0 heterocycles. The Bertz CT molecular complexity index is 602. The minimum atomic E-state index is -0.0639. The lowest BCUT2D eigenvalue weighted by molar-refractivity contribution is -0.122. The molecule has 0 aromatic heterocycles. The lowest BCUT2D eigenvalue weighted by atomic mass is 9.90. The van der Waals surface area contributed by atoms with Gasteiger partial charge in [-0.15, -0.1) is 0 Å². The lowest BCUT2D eigenvalue weighted by Crippen LogP contribution is -2.39. The largest absolute Gasteiger partial charge is 0.355 e. The maximum atomic E-state index is 12.4. The molecular weight excluding hydrogens is 334 g/mol. The Hall–Kier alpha value is -2.17. The first-order valence-electron chi connectivity index (χ1n) is 9.97. The second-order valence-electron chi connectivity index (χ2n) is 7.26. The van der Waals surface area contributed by atoms with Crippen LogP contribution in [0.3, 0.4) is 0 Å². The van der Waals surface area contributed by atoms with E-state index in [4.69, 9.17) is 11.5 Å². The predicted octanol–water partition coefficient (Wildman–Crippen LogP) is 3.05. The average Bonchev–Trinajstić information content (AvgIpc) is 2.70. The van der Waals surface area contributed by atoms with Crippen molar-refractivity contribution in [2.24, 2.45) is 17.4 Å². The molecule has 0 aliphatic rings. The summed E-state index contributed by atoms with van der Waals surface area (Å²) in [6.07, 6.45) is 5.31. The molecule has 146 valence electrons. The molecule has 4 nitrogen and oxygen atoms in total. The van der Waals surface area contributed by atoms with E-state index < -0.39 is 0 Å². The van der Waals surface area contributed by atoms with Gasteiger partial charge < -0.3 is 16.8 Å². The van der Waals surface area contributed by atoms with Crippen molar-refractivity contribution in [1.82, 2.24) is 5.32 Å². The van der Waals surface area contributed by atoms with Crippen LogP contribution in [0, 0.1) is 5.92 Å². The Balaban J connectivity index is 1.86. The van der Waals surface area contributed by atoms with Gasteiger partial charge in [0.2, 0.25) is 5.91 Å². The summed E-state index contributed by atoms with van der Waals surface area (Å²) in [5.74, 6) is 0.449. The van der Waals surface area contributed by atoms with Crippen LogP contribution in [0.1, 0.15) is 36.8 Å². The second-order valence-corrected chi connectivity index (χ2v) is 7.26. The minimum absolute atomic E-state index is 0.0639. The van der Waals surface area contributed by atoms with Gasteiger partial charge in [0.1, 0.15) is 0 Å². The van der Waals surface area contributed by atoms with E-state index in [2.05, 4.69) is 53.8 Å². The highest BCUT2D eigenvalue weighted by Gasteiger charge is 2.15. The highest BCUT2D eigenvalue weighted by atomic mass is 16.1. The van der Waals surface area contributed by atoms with Crippen LogP contribution < -0.4 is 16.8 Å². The van der Waals surface area contributed by atoms with E-state index in [0.29, 0.717) is 25.4 Å². The van der Waals surface area contributed by atoms with Gasteiger partial charge in [-0.3, -0.25) is 4.79 Å². The number of carbonyl (C=O) groups is 1. The third kappa shape index (κ3) is 8.85. The number of nitrogens with one attached hydrogen (secondary N) is 1. The molecular formula is C23H33N3O. The van der Waals surface area contributed by atoms with E-state index >= 15 is 0 Å². The Morgan fingerprint density at radius 2 is 1.37 bits per heavy atom. The van der Waals surface area contributed by atoms with Gasteiger partial charge in [-0.05, 0) is 55.7 Å². The third-order valence-corrected chi connectivity index (χ3v) is 4.94. The summed E-state index contributed by atoms with van der Waals surface area (Å²) in [4.78, 5) is 12.4. The molecule has 2 aromatic carbocycles. The van der Waals surface area contributed by atoms with Crippen molar-refractivity contribution in [3.63, 3.8) is 0 Å². The Labute approximate surface area is 163 Å². The van der Waals surface area contributed by atoms with Gasteiger partial charge in [0, 0.05) is 19.0 Å². The first-order chi connectivity index (χ1) is 13.2. The number of hydrogen-bond donors (Lipinski definition) is 3. The topological polar surface area (TPSA) is 81.1 Å². The first kappa shape index (κ1) is 21.1. The summed E-state index contributed by atoms with van der Waals surface area (Å²) in [5, 5.41) is 2.97. The van der Waals surface area contributed by atoms with Crippen LogP contribution in [-0.4, -0.2) is 25.0 Å². The van der Waals surface area contributed by atoms with Crippen LogP contribution in [-0.2, 0) is 17.6 Å². The summed E-state index contributed by atoms with van der Waals surface area (Å²) in [5.41, 5.74) is 14.1. The molecule has 0 spiro atoms. The Morgan fingerprint density at radius 3 is 1.85 bits per heavy atom. The van der Waals surface area contributed by atoms with Gasteiger partial charge in [0.25, 0.3) is 0 Å². The highest BCUT2D eigenvalue weighted by molar-refractivity contribution is 5.76.